The van der Waals surface area contributed by atoms with E-state index in [2.05, 4.69) is 51.6 Å². The van der Waals surface area contributed by atoms with Crippen LogP contribution in [0.15, 0.2) is 54.5 Å². The molecule has 0 saturated heterocycles. The quantitative estimate of drug-likeness (QED) is 0.607. The Hall–Kier alpha value is -3.43. The van der Waals surface area contributed by atoms with Crippen molar-refractivity contribution in [2.24, 2.45) is 7.05 Å². The zero-order valence-electron chi connectivity index (χ0n) is 19.1. The van der Waals surface area contributed by atoms with Crippen molar-refractivity contribution in [1.82, 2.24) is 29.5 Å². The lowest BCUT2D eigenvalue weighted by atomic mass is 10.1. The van der Waals surface area contributed by atoms with Crippen molar-refractivity contribution in [3.8, 4) is 0 Å². The van der Waals surface area contributed by atoms with Gasteiger partial charge >= 0.3 is 0 Å². The van der Waals surface area contributed by atoms with Crippen molar-refractivity contribution in [3.63, 3.8) is 0 Å². The zero-order valence-corrected chi connectivity index (χ0v) is 20.1. The van der Waals surface area contributed by atoms with Gasteiger partial charge in [0.1, 0.15) is 14.2 Å². The van der Waals surface area contributed by atoms with Gasteiger partial charge in [-0.15, -0.1) is 0 Å². The van der Waals surface area contributed by atoms with Crippen LogP contribution in [0.1, 0.15) is 23.7 Å². The minimum atomic E-state index is -1.39. The predicted octanol–water partition coefficient (Wildman–Crippen LogP) is 3.07. The summed E-state index contributed by atoms with van der Waals surface area (Å²) in [6.45, 7) is 4.26. The van der Waals surface area contributed by atoms with Crippen molar-refractivity contribution in [2.45, 2.75) is 19.5 Å². The van der Waals surface area contributed by atoms with E-state index in [0.29, 0.717) is 12.5 Å². The molecule has 0 bridgehead atoms. The second kappa shape index (κ2) is 8.84. The number of benzene rings is 1. The Morgan fingerprint density at radius 2 is 1.94 bits per heavy atom. The normalized spacial score (nSPS) is 16.5. The molecule has 0 aliphatic carbocycles. The van der Waals surface area contributed by atoms with Gasteiger partial charge in [-0.25, -0.2) is 9.97 Å². The van der Waals surface area contributed by atoms with Crippen molar-refractivity contribution in [3.05, 3.63) is 71.3 Å². The summed E-state index contributed by atoms with van der Waals surface area (Å²) < 4.78 is 1.73. The average Bonchev–Trinajstić information content (AvgIpc) is 3.23. The molecule has 3 aromatic rings. The summed E-state index contributed by atoms with van der Waals surface area (Å²) >= 11 is 0. The maximum Gasteiger partial charge on any atom is 0.228 e. The fourth-order valence-corrected chi connectivity index (χ4v) is 7.29. The summed E-state index contributed by atoms with van der Waals surface area (Å²) in [5.74, 6) is 1.31. The topological polar surface area (TPSA) is 79.2 Å². The minimum Gasteiger partial charge on any atom is -0.312 e. The molecule has 0 radical (unpaired) electrons. The molecule has 0 saturated carbocycles. The number of anilines is 2. The van der Waals surface area contributed by atoms with Crippen LogP contribution in [0.25, 0.3) is 6.08 Å². The zero-order chi connectivity index (χ0) is 22.9. The van der Waals surface area contributed by atoms with E-state index in [4.69, 9.17) is 4.98 Å². The third kappa shape index (κ3) is 4.29. The van der Waals surface area contributed by atoms with Gasteiger partial charge < -0.3 is 15.1 Å². The number of carbonyl (C=O) groups excluding carboxylic acids is 1. The lowest BCUT2D eigenvalue weighted by Gasteiger charge is -2.32. The Kier molecular flexibility index (Phi) is 5.73. The average molecular weight is 458 g/mol. The fourth-order valence-electron chi connectivity index (χ4n) is 4.36. The molecule has 0 spiro atoms. The highest BCUT2D eigenvalue weighted by Crippen LogP contribution is 2.26. The van der Waals surface area contributed by atoms with Crippen LogP contribution in [-0.2, 0) is 13.6 Å². The molecule has 0 atom stereocenters. The van der Waals surface area contributed by atoms with E-state index in [-0.39, 0.29) is 5.53 Å². The number of aryl methyl sites for hydroxylation is 1. The van der Waals surface area contributed by atoms with E-state index in [0.717, 1.165) is 41.9 Å². The summed E-state index contributed by atoms with van der Waals surface area (Å²) in [4.78, 5) is 27.3. The van der Waals surface area contributed by atoms with E-state index in [1.54, 1.807) is 10.9 Å². The molecule has 1 N–H and O–H groups in total. The number of nitrogens with zero attached hydrogens (tertiary/aromatic N) is 6. The van der Waals surface area contributed by atoms with Crippen LogP contribution < -0.4 is 5.32 Å². The summed E-state index contributed by atoms with van der Waals surface area (Å²) in [5.41, 5.74) is 4.19. The van der Waals surface area contributed by atoms with Crippen LogP contribution in [-0.4, -0.2) is 68.8 Å². The van der Waals surface area contributed by atoms with Crippen LogP contribution in [0.4, 0.5) is 16.6 Å². The molecule has 4 heterocycles. The van der Waals surface area contributed by atoms with Crippen LogP contribution >= 0.6 is 0 Å². The number of hydrogen-bond donors (Lipinski definition) is 1. The lowest BCUT2D eigenvalue weighted by Crippen LogP contribution is -2.47. The van der Waals surface area contributed by atoms with Crippen LogP contribution in [0.2, 0.25) is 6.04 Å². The van der Waals surface area contributed by atoms with Gasteiger partial charge in [-0.05, 0) is 43.4 Å². The van der Waals surface area contributed by atoms with Crippen molar-refractivity contribution < 1.29 is 4.79 Å². The third-order valence-corrected chi connectivity index (χ3v) is 8.91. The number of carbonyl (C=O) groups is 1. The van der Waals surface area contributed by atoms with Crippen molar-refractivity contribution in [1.29, 1.82) is 0 Å². The Morgan fingerprint density at radius 1 is 1.12 bits per heavy atom. The number of nitrogens with one attached hydrogen (secondary N) is 1. The monoisotopic (exact) mass is 457 g/mol. The van der Waals surface area contributed by atoms with Gasteiger partial charge in [0.25, 0.3) is 0 Å². The van der Waals surface area contributed by atoms with Crippen molar-refractivity contribution in [2.75, 3.05) is 25.5 Å². The first-order valence-corrected chi connectivity index (χ1v) is 12.8. The van der Waals surface area contributed by atoms with Gasteiger partial charge in [-0.2, -0.15) is 5.10 Å². The second-order valence-corrected chi connectivity index (χ2v) is 11.0. The predicted molar refractivity (Wildman–Crippen MR) is 132 cm³/mol. The third-order valence-electron chi connectivity index (χ3n) is 6.22. The smallest absolute Gasteiger partial charge is 0.228 e. The molecule has 2 aliphatic heterocycles. The minimum absolute atomic E-state index is 0.242. The molecule has 5 rings (SSSR count). The first-order chi connectivity index (χ1) is 16.0. The van der Waals surface area contributed by atoms with E-state index in [1.165, 1.54) is 10.7 Å². The van der Waals surface area contributed by atoms with Gasteiger partial charge in [0.05, 0.1) is 18.4 Å². The number of allylic oxidation sites excluding steroid dienone is 1. The van der Waals surface area contributed by atoms with Gasteiger partial charge in [-0.1, -0.05) is 30.3 Å². The number of fused-ring (bicyclic) bond motifs is 1. The van der Waals surface area contributed by atoms with E-state index in [1.807, 2.05) is 43.3 Å². The van der Waals surface area contributed by atoms with E-state index < -0.39 is 8.41 Å². The molecule has 0 fully saturated rings. The molecule has 8 nitrogen and oxygen atoms in total. The van der Waals surface area contributed by atoms with E-state index >= 15 is 0 Å². The molecule has 1 aromatic carbocycles. The molecule has 2 aliphatic rings. The van der Waals surface area contributed by atoms with Crippen molar-refractivity contribution >= 4 is 37.0 Å². The lowest BCUT2D eigenvalue weighted by molar-refractivity contribution is 0.230. The summed E-state index contributed by atoms with van der Waals surface area (Å²) in [7, 11) is 2.60. The number of amides is 1. The molecule has 9 heteroatoms. The molecular formula is C24H27N7OSi. The number of hydrogen-bond acceptors (Lipinski definition) is 6. The second-order valence-electron chi connectivity index (χ2n) is 8.55. The summed E-state index contributed by atoms with van der Waals surface area (Å²) in [6.07, 6.45) is 5.56. The molecular weight excluding hydrogens is 430 g/mol. The number of aromatic nitrogens is 4. The molecule has 33 heavy (non-hydrogen) atoms. The SMILES string of the molecule is CC1=Cc2cnc(Nc3ccnn3C)nc2CN1C(=O)[Si]1=C(c2ccccc2)CN(C)CC1. The number of rotatable bonds is 4. The van der Waals surface area contributed by atoms with Gasteiger partial charge in [-0.3, -0.25) is 9.48 Å². The molecule has 0 unspecified atom stereocenters. The Labute approximate surface area is 194 Å². The largest absolute Gasteiger partial charge is 0.312 e. The molecule has 2 aromatic heterocycles. The molecule has 1 amide bonds. The Morgan fingerprint density at radius 3 is 2.70 bits per heavy atom. The maximum atomic E-state index is 13.9. The van der Waals surface area contributed by atoms with Crippen LogP contribution in [0.3, 0.4) is 0 Å². The van der Waals surface area contributed by atoms with E-state index in [9.17, 15) is 4.79 Å². The first kappa shape index (κ1) is 21.4. The summed E-state index contributed by atoms with van der Waals surface area (Å²) in [6, 6.07) is 13.2. The van der Waals surface area contributed by atoms with Crippen LogP contribution in [0.5, 0.6) is 0 Å². The summed E-state index contributed by atoms with van der Waals surface area (Å²) in [5, 5.41) is 8.66. The highest BCUT2D eigenvalue weighted by Gasteiger charge is 2.30. The standard InChI is InChI=1S/C24H27N7OSi/c1-17-13-19-14-25-23(28-22-9-10-26-30(22)3)27-20(19)15-31(17)24(32)33-12-11-29(2)16-21(33)18-7-5-4-6-8-18/h4-10,13-14H,11-12,15-16H2,1-3H3,(H,25,27,28). The maximum absolute atomic E-state index is 13.9. The first-order valence-electron chi connectivity index (χ1n) is 11.1. The number of likely N-dealkylation sites (N-methyl/N-ethyl adjacent to an activating group) is 1. The highest BCUT2D eigenvalue weighted by atomic mass is 28.2. The fraction of sp³-hybridized carbons (Fsp3) is 0.292. The van der Waals surface area contributed by atoms with Gasteiger partial charge in [0.15, 0.2) is 0 Å². The Balaban J connectivity index is 1.45. The van der Waals surface area contributed by atoms with Gasteiger partial charge in [0, 0.05) is 37.1 Å². The Bertz CT molecular complexity index is 1260. The van der Waals surface area contributed by atoms with Gasteiger partial charge in [0.2, 0.25) is 11.5 Å². The molecule has 168 valence electrons. The highest BCUT2D eigenvalue weighted by molar-refractivity contribution is 6.97. The van der Waals surface area contributed by atoms with Crippen LogP contribution in [0, 0.1) is 0 Å².